The summed E-state index contributed by atoms with van der Waals surface area (Å²) in [4.78, 5) is 2.42. The van der Waals surface area contributed by atoms with Crippen molar-refractivity contribution in [1.82, 2.24) is 4.90 Å². The molecule has 0 radical (unpaired) electrons. The second-order valence-electron chi connectivity index (χ2n) is 5.61. The highest BCUT2D eigenvalue weighted by molar-refractivity contribution is 5.24. The minimum Gasteiger partial charge on any atom is -0.387 e. The number of rotatable bonds is 4. The minimum atomic E-state index is -0.347. The highest BCUT2D eigenvalue weighted by atomic mass is 16.3. The van der Waals surface area contributed by atoms with Crippen LogP contribution in [0.2, 0.25) is 0 Å². The lowest BCUT2D eigenvalue weighted by atomic mass is 9.95. The van der Waals surface area contributed by atoms with Gasteiger partial charge in [-0.25, -0.2) is 0 Å². The summed E-state index contributed by atoms with van der Waals surface area (Å²) in [6.45, 7) is 7.41. The third-order valence-electron chi connectivity index (χ3n) is 4.04. The van der Waals surface area contributed by atoms with Crippen LogP contribution in [0, 0.1) is 12.8 Å². The zero-order valence-electron chi connectivity index (χ0n) is 11.6. The van der Waals surface area contributed by atoms with Gasteiger partial charge in [-0.15, -0.1) is 0 Å². The number of nitrogens with zero attached hydrogens (tertiary/aromatic N) is 1. The van der Waals surface area contributed by atoms with Crippen LogP contribution < -0.4 is 0 Å². The number of piperidine rings is 1. The van der Waals surface area contributed by atoms with Gasteiger partial charge in [-0.2, -0.15) is 0 Å². The average Bonchev–Trinajstić information content (AvgIpc) is 2.39. The second-order valence-corrected chi connectivity index (χ2v) is 5.61. The number of hydrogen-bond donors (Lipinski definition) is 1. The Kier molecular flexibility index (Phi) is 4.79. The van der Waals surface area contributed by atoms with E-state index in [0.29, 0.717) is 0 Å². The molecule has 100 valence electrons. The standard InChI is InChI=1S/C16H25NO/c1-3-14-7-5-9-17(11-14)12-16(18)15-8-4-6-13(2)10-15/h4,6,8,10,14,16,18H,3,5,7,9,11-12H2,1-2H3. The van der Waals surface area contributed by atoms with E-state index in [-0.39, 0.29) is 6.10 Å². The molecule has 2 atom stereocenters. The van der Waals surface area contributed by atoms with Crippen molar-refractivity contribution < 1.29 is 5.11 Å². The van der Waals surface area contributed by atoms with Crippen molar-refractivity contribution in [2.75, 3.05) is 19.6 Å². The smallest absolute Gasteiger partial charge is 0.0917 e. The fourth-order valence-corrected chi connectivity index (χ4v) is 2.88. The van der Waals surface area contributed by atoms with Gasteiger partial charge in [0.1, 0.15) is 0 Å². The van der Waals surface area contributed by atoms with Crippen molar-refractivity contribution >= 4 is 0 Å². The summed E-state index contributed by atoms with van der Waals surface area (Å²) in [5.41, 5.74) is 2.27. The Morgan fingerprint density at radius 2 is 2.28 bits per heavy atom. The monoisotopic (exact) mass is 247 g/mol. The quantitative estimate of drug-likeness (QED) is 0.883. The molecule has 1 aliphatic rings. The van der Waals surface area contributed by atoms with Gasteiger partial charge < -0.3 is 10.0 Å². The lowest BCUT2D eigenvalue weighted by molar-refractivity contribution is 0.0836. The van der Waals surface area contributed by atoms with Crippen LogP contribution in [0.4, 0.5) is 0 Å². The van der Waals surface area contributed by atoms with Crippen molar-refractivity contribution in [2.45, 2.75) is 39.2 Å². The third-order valence-corrected chi connectivity index (χ3v) is 4.04. The first-order chi connectivity index (χ1) is 8.69. The third kappa shape index (κ3) is 3.56. The molecule has 0 saturated carbocycles. The van der Waals surface area contributed by atoms with Gasteiger partial charge in [0.25, 0.3) is 0 Å². The zero-order chi connectivity index (χ0) is 13.0. The van der Waals surface area contributed by atoms with Gasteiger partial charge in [-0.3, -0.25) is 0 Å². The maximum Gasteiger partial charge on any atom is 0.0917 e. The molecule has 0 aromatic heterocycles. The molecule has 1 N–H and O–H groups in total. The van der Waals surface area contributed by atoms with Crippen molar-refractivity contribution in [3.8, 4) is 0 Å². The van der Waals surface area contributed by atoms with Crippen LogP contribution in [0.5, 0.6) is 0 Å². The minimum absolute atomic E-state index is 0.347. The molecule has 1 heterocycles. The molecule has 0 spiro atoms. The molecule has 2 nitrogen and oxygen atoms in total. The average molecular weight is 247 g/mol. The fraction of sp³-hybridized carbons (Fsp3) is 0.625. The number of likely N-dealkylation sites (tertiary alicyclic amines) is 1. The van der Waals surface area contributed by atoms with Crippen LogP contribution in [0.25, 0.3) is 0 Å². The van der Waals surface area contributed by atoms with Gasteiger partial charge in [0.2, 0.25) is 0 Å². The molecule has 0 aliphatic carbocycles. The summed E-state index contributed by atoms with van der Waals surface area (Å²) in [7, 11) is 0. The summed E-state index contributed by atoms with van der Waals surface area (Å²) in [5.74, 6) is 0.823. The highest BCUT2D eigenvalue weighted by Gasteiger charge is 2.21. The Bertz CT molecular complexity index is 377. The van der Waals surface area contributed by atoms with Crippen molar-refractivity contribution in [2.24, 2.45) is 5.92 Å². The maximum atomic E-state index is 10.3. The van der Waals surface area contributed by atoms with Crippen molar-refractivity contribution in [3.63, 3.8) is 0 Å². The number of benzene rings is 1. The zero-order valence-corrected chi connectivity index (χ0v) is 11.6. The first kappa shape index (κ1) is 13.6. The van der Waals surface area contributed by atoms with E-state index in [1.807, 2.05) is 12.1 Å². The number of aryl methyl sites for hydroxylation is 1. The lowest BCUT2D eigenvalue weighted by Gasteiger charge is -2.33. The van der Waals surface area contributed by atoms with Gasteiger partial charge in [0.15, 0.2) is 0 Å². The summed E-state index contributed by atoms with van der Waals surface area (Å²) in [6, 6.07) is 8.22. The van der Waals surface area contributed by atoms with Crippen molar-refractivity contribution in [3.05, 3.63) is 35.4 Å². The molecular formula is C16H25NO. The summed E-state index contributed by atoms with van der Waals surface area (Å²) in [6.07, 6.45) is 3.55. The number of hydrogen-bond acceptors (Lipinski definition) is 2. The highest BCUT2D eigenvalue weighted by Crippen LogP contribution is 2.22. The van der Waals surface area contributed by atoms with Gasteiger partial charge >= 0.3 is 0 Å². The second kappa shape index (κ2) is 6.35. The van der Waals surface area contributed by atoms with E-state index < -0.39 is 0 Å². The summed E-state index contributed by atoms with van der Waals surface area (Å²) < 4.78 is 0. The van der Waals surface area contributed by atoms with Gasteiger partial charge in [0, 0.05) is 13.1 Å². The van der Waals surface area contributed by atoms with Crippen LogP contribution in [-0.2, 0) is 0 Å². The van der Waals surface area contributed by atoms with E-state index in [9.17, 15) is 5.11 Å². The van der Waals surface area contributed by atoms with Crippen LogP contribution in [0.1, 0.15) is 43.4 Å². The van der Waals surface area contributed by atoms with E-state index in [0.717, 1.165) is 31.1 Å². The van der Waals surface area contributed by atoms with Crippen LogP contribution in [0.15, 0.2) is 24.3 Å². The Labute approximate surface area is 111 Å². The number of aliphatic hydroxyl groups is 1. The van der Waals surface area contributed by atoms with E-state index in [1.165, 1.54) is 24.8 Å². The molecule has 2 unspecified atom stereocenters. The molecule has 1 aliphatic heterocycles. The Balaban J connectivity index is 1.92. The lowest BCUT2D eigenvalue weighted by Crippen LogP contribution is -2.37. The van der Waals surface area contributed by atoms with Gasteiger partial charge in [-0.1, -0.05) is 43.2 Å². The predicted molar refractivity (Wildman–Crippen MR) is 75.6 cm³/mol. The molecule has 0 amide bonds. The van der Waals surface area contributed by atoms with E-state index in [1.54, 1.807) is 0 Å². The number of aliphatic hydroxyl groups excluding tert-OH is 1. The predicted octanol–water partition coefficient (Wildman–Crippen LogP) is 3.15. The summed E-state index contributed by atoms with van der Waals surface area (Å²) >= 11 is 0. The first-order valence-electron chi connectivity index (χ1n) is 7.16. The molecule has 18 heavy (non-hydrogen) atoms. The Morgan fingerprint density at radius 3 is 3.00 bits per heavy atom. The summed E-state index contributed by atoms with van der Waals surface area (Å²) in [5, 5.41) is 10.3. The first-order valence-corrected chi connectivity index (χ1v) is 7.16. The van der Waals surface area contributed by atoms with Gasteiger partial charge in [-0.05, 0) is 37.8 Å². The fourth-order valence-electron chi connectivity index (χ4n) is 2.88. The van der Waals surface area contributed by atoms with Gasteiger partial charge in [0.05, 0.1) is 6.10 Å². The molecule has 1 saturated heterocycles. The van der Waals surface area contributed by atoms with Crippen LogP contribution in [0.3, 0.4) is 0 Å². The number of β-amino-alcohol motifs (C(OH)–C–C–N with tert-alkyl or cyclic N) is 1. The van der Waals surface area contributed by atoms with Crippen LogP contribution >= 0.6 is 0 Å². The largest absolute Gasteiger partial charge is 0.387 e. The van der Waals surface area contributed by atoms with E-state index in [2.05, 4.69) is 30.9 Å². The normalized spacial score (nSPS) is 22.9. The van der Waals surface area contributed by atoms with E-state index >= 15 is 0 Å². The molecule has 1 fully saturated rings. The maximum absolute atomic E-state index is 10.3. The topological polar surface area (TPSA) is 23.5 Å². The molecule has 2 heteroatoms. The molecule has 1 aromatic rings. The molecule has 0 bridgehead atoms. The Morgan fingerprint density at radius 1 is 1.44 bits per heavy atom. The Hall–Kier alpha value is -0.860. The van der Waals surface area contributed by atoms with Crippen LogP contribution in [-0.4, -0.2) is 29.6 Å². The molecule has 2 rings (SSSR count). The molecular weight excluding hydrogens is 222 g/mol. The van der Waals surface area contributed by atoms with E-state index in [4.69, 9.17) is 0 Å². The molecule has 1 aromatic carbocycles. The SMILES string of the molecule is CCC1CCCN(CC(O)c2cccc(C)c2)C1. The van der Waals surface area contributed by atoms with Crippen molar-refractivity contribution in [1.29, 1.82) is 0 Å².